The normalized spacial score (nSPS) is 10.6. The lowest BCUT2D eigenvalue weighted by molar-refractivity contribution is 0.0527. The Morgan fingerprint density at radius 3 is 2.58 bits per heavy atom. The second-order valence-corrected chi connectivity index (χ2v) is 4.92. The van der Waals surface area contributed by atoms with Crippen molar-refractivity contribution in [1.82, 2.24) is 0 Å². The number of rotatable bonds is 6. The molecule has 0 atom stereocenters. The largest absolute Gasteiger partial charge is 0.462 e. The standard InChI is InChI=1S/C15H24N2O2/c1-5-17(10-11(3)4)12-7-8-14(16)13(9-12)15(18)19-6-2/h7-9,11H,5-6,10,16H2,1-4H3. The lowest BCUT2D eigenvalue weighted by Gasteiger charge is -2.25. The summed E-state index contributed by atoms with van der Waals surface area (Å²) in [6.07, 6.45) is 0. The summed E-state index contributed by atoms with van der Waals surface area (Å²) >= 11 is 0. The van der Waals surface area contributed by atoms with E-state index in [4.69, 9.17) is 10.5 Å². The predicted octanol–water partition coefficient (Wildman–Crippen LogP) is 2.93. The van der Waals surface area contributed by atoms with Gasteiger partial charge in [0.2, 0.25) is 0 Å². The van der Waals surface area contributed by atoms with Crippen LogP contribution in [0.25, 0.3) is 0 Å². The van der Waals surface area contributed by atoms with Crippen LogP contribution in [0.1, 0.15) is 38.1 Å². The first-order valence-electron chi connectivity index (χ1n) is 6.81. The quantitative estimate of drug-likeness (QED) is 0.634. The third kappa shape index (κ3) is 4.16. The van der Waals surface area contributed by atoms with Gasteiger partial charge in [-0.3, -0.25) is 0 Å². The maximum absolute atomic E-state index is 11.8. The lowest BCUT2D eigenvalue weighted by Crippen LogP contribution is -2.27. The first-order chi connectivity index (χ1) is 8.99. The molecule has 0 aliphatic rings. The van der Waals surface area contributed by atoms with Crippen LogP contribution in [0.5, 0.6) is 0 Å². The molecule has 1 rings (SSSR count). The van der Waals surface area contributed by atoms with Crippen LogP contribution in [-0.2, 0) is 4.74 Å². The van der Waals surface area contributed by atoms with Gasteiger partial charge in [-0.2, -0.15) is 0 Å². The number of benzene rings is 1. The molecular weight excluding hydrogens is 240 g/mol. The molecule has 4 heteroatoms. The molecule has 0 spiro atoms. The van der Waals surface area contributed by atoms with Gasteiger partial charge >= 0.3 is 5.97 Å². The van der Waals surface area contributed by atoms with Crippen molar-refractivity contribution >= 4 is 17.3 Å². The molecular formula is C15H24N2O2. The van der Waals surface area contributed by atoms with Gasteiger partial charge in [-0.05, 0) is 38.0 Å². The summed E-state index contributed by atoms with van der Waals surface area (Å²) in [4.78, 5) is 14.1. The monoisotopic (exact) mass is 264 g/mol. The number of anilines is 2. The number of nitrogen functional groups attached to an aromatic ring is 1. The van der Waals surface area contributed by atoms with E-state index in [1.54, 1.807) is 13.0 Å². The van der Waals surface area contributed by atoms with Gasteiger partial charge in [0.1, 0.15) is 0 Å². The van der Waals surface area contributed by atoms with Crippen LogP contribution >= 0.6 is 0 Å². The van der Waals surface area contributed by atoms with E-state index in [0.717, 1.165) is 18.8 Å². The Bertz CT molecular complexity index is 430. The molecule has 0 heterocycles. The summed E-state index contributed by atoms with van der Waals surface area (Å²) < 4.78 is 5.02. The highest BCUT2D eigenvalue weighted by Crippen LogP contribution is 2.22. The highest BCUT2D eigenvalue weighted by Gasteiger charge is 2.14. The van der Waals surface area contributed by atoms with Crippen molar-refractivity contribution in [2.45, 2.75) is 27.7 Å². The van der Waals surface area contributed by atoms with Gasteiger partial charge in [0.05, 0.1) is 12.2 Å². The lowest BCUT2D eigenvalue weighted by atomic mass is 10.1. The Hall–Kier alpha value is -1.71. The highest BCUT2D eigenvalue weighted by molar-refractivity contribution is 5.96. The second-order valence-electron chi connectivity index (χ2n) is 4.92. The summed E-state index contributed by atoms with van der Waals surface area (Å²) in [6, 6.07) is 5.54. The first kappa shape index (κ1) is 15.3. The number of esters is 1. The molecule has 19 heavy (non-hydrogen) atoms. The number of carbonyl (C=O) groups excluding carboxylic acids is 1. The minimum absolute atomic E-state index is 0.353. The fraction of sp³-hybridized carbons (Fsp3) is 0.533. The molecule has 0 aromatic heterocycles. The smallest absolute Gasteiger partial charge is 0.340 e. The van der Waals surface area contributed by atoms with E-state index in [-0.39, 0.29) is 5.97 Å². The van der Waals surface area contributed by atoms with E-state index < -0.39 is 0 Å². The zero-order valence-electron chi connectivity index (χ0n) is 12.3. The van der Waals surface area contributed by atoms with Crippen LogP contribution in [0.15, 0.2) is 18.2 Å². The Morgan fingerprint density at radius 1 is 1.37 bits per heavy atom. The Labute approximate surface area is 115 Å². The third-order valence-corrected chi connectivity index (χ3v) is 2.86. The van der Waals surface area contributed by atoms with Gasteiger partial charge in [0.25, 0.3) is 0 Å². The van der Waals surface area contributed by atoms with E-state index in [0.29, 0.717) is 23.8 Å². The van der Waals surface area contributed by atoms with Gasteiger partial charge < -0.3 is 15.4 Å². The third-order valence-electron chi connectivity index (χ3n) is 2.86. The molecule has 0 fully saturated rings. The molecule has 0 saturated carbocycles. The van der Waals surface area contributed by atoms with Gasteiger partial charge in [-0.25, -0.2) is 4.79 Å². The topological polar surface area (TPSA) is 55.6 Å². The van der Waals surface area contributed by atoms with Crippen molar-refractivity contribution in [3.8, 4) is 0 Å². The molecule has 0 bridgehead atoms. The number of carbonyl (C=O) groups is 1. The molecule has 1 aromatic rings. The van der Waals surface area contributed by atoms with Crippen LogP contribution in [0, 0.1) is 5.92 Å². The minimum Gasteiger partial charge on any atom is -0.462 e. The maximum atomic E-state index is 11.8. The molecule has 106 valence electrons. The fourth-order valence-corrected chi connectivity index (χ4v) is 1.98. The zero-order valence-corrected chi connectivity index (χ0v) is 12.3. The van der Waals surface area contributed by atoms with Gasteiger partial charge in [0, 0.05) is 24.5 Å². The number of nitrogens with zero attached hydrogens (tertiary/aromatic N) is 1. The van der Waals surface area contributed by atoms with Crippen molar-refractivity contribution in [2.24, 2.45) is 5.92 Å². The van der Waals surface area contributed by atoms with Gasteiger partial charge in [-0.15, -0.1) is 0 Å². The maximum Gasteiger partial charge on any atom is 0.340 e. The van der Waals surface area contributed by atoms with Crippen molar-refractivity contribution < 1.29 is 9.53 Å². The van der Waals surface area contributed by atoms with Crippen molar-refractivity contribution in [1.29, 1.82) is 0 Å². The zero-order chi connectivity index (χ0) is 14.4. The van der Waals surface area contributed by atoms with Crippen molar-refractivity contribution in [3.63, 3.8) is 0 Å². The summed E-state index contributed by atoms with van der Waals surface area (Å²) in [6.45, 7) is 10.4. The first-order valence-corrected chi connectivity index (χ1v) is 6.81. The van der Waals surface area contributed by atoms with Crippen LogP contribution in [-0.4, -0.2) is 25.7 Å². The second kappa shape index (κ2) is 7.02. The van der Waals surface area contributed by atoms with E-state index in [1.165, 1.54) is 0 Å². The van der Waals surface area contributed by atoms with Crippen molar-refractivity contribution in [2.75, 3.05) is 30.3 Å². The number of hydrogen-bond donors (Lipinski definition) is 1. The molecule has 0 saturated heterocycles. The summed E-state index contributed by atoms with van der Waals surface area (Å²) in [5, 5.41) is 0. The highest BCUT2D eigenvalue weighted by atomic mass is 16.5. The summed E-state index contributed by atoms with van der Waals surface area (Å²) in [7, 11) is 0. The van der Waals surface area contributed by atoms with E-state index in [9.17, 15) is 4.79 Å². The number of hydrogen-bond acceptors (Lipinski definition) is 4. The molecule has 2 N–H and O–H groups in total. The minimum atomic E-state index is -0.359. The molecule has 0 amide bonds. The van der Waals surface area contributed by atoms with Crippen LogP contribution in [0.4, 0.5) is 11.4 Å². The fourth-order valence-electron chi connectivity index (χ4n) is 1.98. The van der Waals surface area contributed by atoms with E-state index >= 15 is 0 Å². The van der Waals surface area contributed by atoms with Gasteiger partial charge in [-0.1, -0.05) is 13.8 Å². The summed E-state index contributed by atoms with van der Waals surface area (Å²) in [5.74, 6) is 0.200. The number of nitrogens with two attached hydrogens (primary N) is 1. The average Bonchev–Trinajstić information content (AvgIpc) is 2.36. The summed E-state index contributed by atoms with van der Waals surface area (Å²) in [5.41, 5.74) is 7.76. The van der Waals surface area contributed by atoms with E-state index in [2.05, 4.69) is 25.7 Å². The molecule has 4 nitrogen and oxygen atoms in total. The Balaban J connectivity index is 3.03. The van der Waals surface area contributed by atoms with Crippen LogP contribution in [0.2, 0.25) is 0 Å². The molecule has 1 aromatic carbocycles. The molecule has 0 radical (unpaired) electrons. The SMILES string of the molecule is CCOC(=O)c1cc(N(CC)CC(C)C)ccc1N. The molecule has 0 aliphatic carbocycles. The van der Waals surface area contributed by atoms with Crippen LogP contribution < -0.4 is 10.6 Å². The Morgan fingerprint density at radius 2 is 2.05 bits per heavy atom. The molecule has 0 unspecified atom stereocenters. The molecule has 0 aliphatic heterocycles. The van der Waals surface area contributed by atoms with E-state index in [1.807, 2.05) is 12.1 Å². The Kier molecular flexibility index (Phi) is 5.67. The van der Waals surface area contributed by atoms with Gasteiger partial charge in [0.15, 0.2) is 0 Å². The number of ether oxygens (including phenoxy) is 1. The predicted molar refractivity (Wildman–Crippen MR) is 79.5 cm³/mol. The van der Waals surface area contributed by atoms with Crippen LogP contribution in [0.3, 0.4) is 0 Å². The average molecular weight is 264 g/mol. The van der Waals surface area contributed by atoms with Crippen molar-refractivity contribution in [3.05, 3.63) is 23.8 Å².